The van der Waals surface area contributed by atoms with E-state index in [0.29, 0.717) is 55.6 Å². The van der Waals surface area contributed by atoms with Crippen molar-refractivity contribution in [3.05, 3.63) is 120 Å². The Balaban J connectivity index is 1.49. The SMILES string of the molecule is CCOC(=O)C1=C(C)N=c2s/c(=C\c3ccc(OCc4ccc(C(=O)OCC)cc4)c(OC)c3)c(=O)n2[C@@H]1c1ccccc1OC(C)C. The monoisotopic (exact) mass is 670 g/mol. The average molecular weight is 671 g/mol. The summed E-state index contributed by atoms with van der Waals surface area (Å²) in [4.78, 5) is 44.5. The third kappa shape index (κ3) is 7.36. The minimum Gasteiger partial charge on any atom is -0.493 e. The Bertz CT molecular complexity index is 2030. The molecule has 2 heterocycles. The number of esters is 2. The lowest BCUT2D eigenvalue weighted by atomic mass is 9.95. The molecular formula is C37H38N2O8S. The number of methoxy groups -OCH3 is 1. The lowest BCUT2D eigenvalue weighted by molar-refractivity contribution is -0.139. The third-order valence-electron chi connectivity index (χ3n) is 7.44. The molecule has 0 saturated carbocycles. The zero-order valence-corrected chi connectivity index (χ0v) is 28.6. The normalized spacial score (nSPS) is 14.3. The van der Waals surface area contributed by atoms with Gasteiger partial charge in [-0.25, -0.2) is 14.6 Å². The Morgan fingerprint density at radius 2 is 1.65 bits per heavy atom. The number of ether oxygens (including phenoxy) is 5. The van der Waals surface area contributed by atoms with Crippen LogP contribution in [0.25, 0.3) is 6.08 Å². The molecular weight excluding hydrogens is 632 g/mol. The molecule has 1 atom stereocenters. The van der Waals surface area contributed by atoms with Crippen molar-refractivity contribution < 1.29 is 33.3 Å². The number of nitrogens with zero attached hydrogens (tertiary/aromatic N) is 2. The van der Waals surface area contributed by atoms with E-state index >= 15 is 0 Å². The van der Waals surface area contributed by atoms with Crippen LogP contribution in [0.4, 0.5) is 0 Å². The number of benzene rings is 3. The molecule has 5 rings (SSSR count). The van der Waals surface area contributed by atoms with E-state index in [4.69, 9.17) is 23.7 Å². The smallest absolute Gasteiger partial charge is 0.338 e. The number of para-hydroxylation sites is 1. The first-order valence-electron chi connectivity index (χ1n) is 15.7. The Morgan fingerprint density at radius 3 is 2.33 bits per heavy atom. The number of hydrogen-bond donors (Lipinski definition) is 0. The zero-order valence-electron chi connectivity index (χ0n) is 27.8. The Hall–Kier alpha value is -5.16. The van der Waals surface area contributed by atoms with Crippen LogP contribution in [-0.2, 0) is 20.9 Å². The zero-order chi connectivity index (χ0) is 34.4. The van der Waals surface area contributed by atoms with E-state index in [0.717, 1.165) is 5.56 Å². The molecule has 48 heavy (non-hydrogen) atoms. The Labute approximate surface area is 282 Å². The summed E-state index contributed by atoms with van der Waals surface area (Å²) in [5.74, 6) is 0.663. The summed E-state index contributed by atoms with van der Waals surface area (Å²) in [5.41, 5.74) is 3.17. The predicted octanol–water partition coefficient (Wildman–Crippen LogP) is 5.35. The quantitative estimate of drug-likeness (QED) is 0.186. The van der Waals surface area contributed by atoms with Gasteiger partial charge in [-0.15, -0.1) is 0 Å². The molecule has 0 amide bonds. The van der Waals surface area contributed by atoms with Crippen LogP contribution in [0.2, 0.25) is 0 Å². The molecule has 0 N–H and O–H groups in total. The third-order valence-corrected chi connectivity index (χ3v) is 8.42. The van der Waals surface area contributed by atoms with Gasteiger partial charge in [0.05, 0.1) is 47.8 Å². The molecule has 0 saturated heterocycles. The van der Waals surface area contributed by atoms with Crippen LogP contribution >= 0.6 is 11.3 Å². The van der Waals surface area contributed by atoms with Crippen molar-refractivity contribution in [2.24, 2.45) is 4.99 Å². The summed E-state index contributed by atoms with van der Waals surface area (Å²) in [6, 6.07) is 19.0. The maximum Gasteiger partial charge on any atom is 0.338 e. The highest BCUT2D eigenvalue weighted by Crippen LogP contribution is 2.36. The van der Waals surface area contributed by atoms with Gasteiger partial charge in [0, 0.05) is 5.56 Å². The number of aromatic nitrogens is 1. The topological polar surface area (TPSA) is 115 Å². The molecule has 0 bridgehead atoms. The number of carbonyl (C=O) groups is 2. The highest BCUT2D eigenvalue weighted by atomic mass is 32.1. The van der Waals surface area contributed by atoms with E-state index < -0.39 is 12.0 Å². The van der Waals surface area contributed by atoms with Crippen LogP contribution < -0.4 is 29.1 Å². The van der Waals surface area contributed by atoms with Gasteiger partial charge in [-0.1, -0.05) is 47.7 Å². The second-order valence-electron chi connectivity index (χ2n) is 11.1. The fourth-order valence-corrected chi connectivity index (χ4v) is 6.36. The molecule has 11 heteroatoms. The second-order valence-corrected chi connectivity index (χ2v) is 12.1. The van der Waals surface area contributed by atoms with Crippen molar-refractivity contribution in [3.63, 3.8) is 0 Å². The van der Waals surface area contributed by atoms with Gasteiger partial charge in [-0.05, 0) is 82.2 Å². The van der Waals surface area contributed by atoms with Gasteiger partial charge < -0.3 is 23.7 Å². The summed E-state index contributed by atoms with van der Waals surface area (Å²) in [5, 5.41) is 0. The van der Waals surface area contributed by atoms with Gasteiger partial charge in [0.2, 0.25) is 0 Å². The van der Waals surface area contributed by atoms with E-state index in [2.05, 4.69) is 4.99 Å². The van der Waals surface area contributed by atoms with Gasteiger partial charge in [0.15, 0.2) is 16.3 Å². The molecule has 4 aromatic rings. The van der Waals surface area contributed by atoms with Crippen molar-refractivity contribution in [1.29, 1.82) is 0 Å². The minimum absolute atomic E-state index is 0.128. The molecule has 250 valence electrons. The van der Waals surface area contributed by atoms with Crippen molar-refractivity contribution in [3.8, 4) is 17.2 Å². The van der Waals surface area contributed by atoms with Crippen LogP contribution in [0.1, 0.15) is 67.7 Å². The summed E-state index contributed by atoms with van der Waals surface area (Å²) >= 11 is 1.23. The maximum atomic E-state index is 14.1. The van der Waals surface area contributed by atoms with Crippen molar-refractivity contribution in [2.75, 3.05) is 20.3 Å². The van der Waals surface area contributed by atoms with E-state index in [1.54, 1.807) is 62.8 Å². The first kappa shape index (κ1) is 34.2. The molecule has 0 spiro atoms. The van der Waals surface area contributed by atoms with Crippen molar-refractivity contribution in [2.45, 2.75) is 53.4 Å². The summed E-state index contributed by atoms with van der Waals surface area (Å²) in [6.45, 7) is 9.84. The van der Waals surface area contributed by atoms with Crippen LogP contribution in [-0.4, -0.2) is 42.9 Å². The van der Waals surface area contributed by atoms with E-state index in [1.165, 1.54) is 11.3 Å². The number of rotatable bonds is 12. The maximum absolute atomic E-state index is 14.1. The van der Waals surface area contributed by atoms with Gasteiger partial charge in [-0.3, -0.25) is 9.36 Å². The van der Waals surface area contributed by atoms with E-state index in [1.807, 2.05) is 56.3 Å². The molecule has 3 aromatic carbocycles. The van der Waals surface area contributed by atoms with Crippen LogP contribution in [0, 0.1) is 0 Å². The Morgan fingerprint density at radius 1 is 0.938 bits per heavy atom. The predicted molar refractivity (Wildman–Crippen MR) is 182 cm³/mol. The molecule has 1 aliphatic heterocycles. The summed E-state index contributed by atoms with van der Waals surface area (Å²) in [6.07, 6.45) is 1.64. The lowest BCUT2D eigenvalue weighted by Crippen LogP contribution is -2.40. The fraction of sp³-hybridized carbons (Fsp3) is 0.297. The van der Waals surface area contributed by atoms with Crippen LogP contribution in [0.3, 0.4) is 0 Å². The Kier molecular flexibility index (Phi) is 10.8. The van der Waals surface area contributed by atoms with Gasteiger partial charge in [0.25, 0.3) is 5.56 Å². The highest BCUT2D eigenvalue weighted by molar-refractivity contribution is 7.07. The van der Waals surface area contributed by atoms with Crippen LogP contribution in [0.5, 0.6) is 17.2 Å². The van der Waals surface area contributed by atoms with E-state index in [-0.39, 0.29) is 36.4 Å². The molecule has 0 aliphatic carbocycles. The molecule has 1 aromatic heterocycles. The van der Waals surface area contributed by atoms with Gasteiger partial charge in [0.1, 0.15) is 18.4 Å². The first-order valence-corrected chi connectivity index (χ1v) is 16.5. The second kappa shape index (κ2) is 15.2. The number of hydrogen-bond acceptors (Lipinski definition) is 10. The number of carbonyl (C=O) groups excluding carboxylic acids is 2. The van der Waals surface area contributed by atoms with E-state index in [9.17, 15) is 14.4 Å². The largest absolute Gasteiger partial charge is 0.493 e. The standard InChI is InChI=1S/C37H38N2O8S/c1-7-44-35(41)26-16-13-24(14-17-26)21-46-29-18-15-25(19-30(29)43-6)20-31-34(40)39-33(27-11-9-10-12-28(27)47-22(3)4)32(36(42)45-8-2)23(5)38-37(39)48-31/h9-20,22,33H,7-8,21H2,1-6H3/b31-20-/t33-/m1/s1. The lowest BCUT2D eigenvalue weighted by Gasteiger charge is -2.26. The summed E-state index contributed by atoms with van der Waals surface area (Å²) in [7, 11) is 1.55. The summed E-state index contributed by atoms with van der Waals surface area (Å²) < 4.78 is 30.2. The molecule has 0 unspecified atom stereocenters. The first-order chi connectivity index (χ1) is 23.1. The number of thiazole rings is 1. The van der Waals surface area contributed by atoms with Crippen molar-refractivity contribution >= 4 is 29.4 Å². The molecule has 0 radical (unpaired) electrons. The number of allylic oxidation sites excluding steroid dienone is 1. The minimum atomic E-state index is -0.797. The average Bonchev–Trinajstić information content (AvgIpc) is 3.37. The molecule has 0 fully saturated rings. The molecule has 10 nitrogen and oxygen atoms in total. The van der Waals surface area contributed by atoms with Gasteiger partial charge in [-0.2, -0.15) is 0 Å². The number of fused-ring (bicyclic) bond motifs is 1. The fourth-order valence-electron chi connectivity index (χ4n) is 5.31. The van der Waals surface area contributed by atoms with Gasteiger partial charge >= 0.3 is 11.9 Å². The van der Waals surface area contributed by atoms with Crippen LogP contribution in [0.15, 0.2) is 87.8 Å². The molecule has 1 aliphatic rings. The highest BCUT2D eigenvalue weighted by Gasteiger charge is 2.35. The van der Waals surface area contributed by atoms with Crippen molar-refractivity contribution in [1.82, 2.24) is 4.57 Å².